The number of phenols is 1. The van der Waals surface area contributed by atoms with Crippen molar-refractivity contribution in [1.82, 2.24) is 20.5 Å². The summed E-state index contributed by atoms with van der Waals surface area (Å²) in [5, 5.41) is 16.7. The van der Waals surface area contributed by atoms with Crippen LogP contribution in [0.1, 0.15) is 71.0 Å². The molecule has 246 valence electrons. The molecule has 6 atom stereocenters. The topological polar surface area (TPSA) is 141 Å². The first-order valence-electron chi connectivity index (χ1n) is 16.0. The molecule has 0 bridgehead atoms. The van der Waals surface area contributed by atoms with E-state index in [4.69, 9.17) is 4.74 Å². The minimum absolute atomic E-state index is 0.0489. The number of esters is 1. The molecule has 0 aliphatic carbocycles. The predicted molar refractivity (Wildman–Crippen MR) is 177 cm³/mol. The van der Waals surface area contributed by atoms with Crippen LogP contribution in [0.5, 0.6) is 5.75 Å². The maximum absolute atomic E-state index is 14.2. The molecule has 10 heteroatoms. The number of carbonyl (C=O) groups is 4. The zero-order chi connectivity index (χ0) is 33.5. The van der Waals surface area contributed by atoms with Crippen molar-refractivity contribution in [2.24, 2.45) is 11.8 Å². The molecule has 3 aromatic rings. The molecule has 1 aliphatic heterocycles. The molecule has 0 saturated heterocycles. The number of aromatic hydroxyl groups is 1. The Morgan fingerprint density at radius 3 is 2.33 bits per heavy atom. The lowest BCUT2D eigenvalue weighted by molar-refractivity contribution is -0.152. The van der Waals surface area contributed by atoms with Crippen LogP contribution in [0.4, 0.5) is 0 Å². The molecule has 6 unspecified atom stereocenters. The van der Waals surface area contributed by atoms with Crippen molar-refractivity contribution < 1.29 is 29.0 Å². The number of H-pyrrole nitrogens is 1. The molecule has 10 nitrogen and oxygen atoms in total. The third-order valence-corrected chi connectivity index (χ3v) is 8.81. The van der Waals surface area contributed by atoms with E-state index in [0.29, 0.717) is 18.4 Å². The standard InChI is InChI=1S/C36H46N4O6/c1-7-32-22(3)16-21(2)17-23(4)34(43)38-24(5)36(45)40(6)31(18-26-20-37-29-11-9-8-10-28(26)29)35(44)39-30(19-33(42)46-32)25-12-14-27(41)15-13-25/h8-16,20,22-24,30-32,37,41H,7,17-19H2,1-6H3,(H,38,43)(H,39,44). The highest BCUT2D eigenvalue weighted by molar-refractivity contribution is 5.93. The Kier molecular flexibility index (Phi) is 11.3. The fourth-order valence-electron chi connectivity index (χ4n) is 6.16. The second-order valence-electron chi connectivity index (χ2n) is 12.5. The van der Waals surface area contributed by atoms with Crippen molar-refractivity contribution in [1.29, 1.82) is 0 Å². The van der Waals surface area contributed by atoms with E-state index in [2.05, 4.69) is 15.6 Å². The molecule has 0 saturated carbocycles. The van der Waals surface area contributed by atoms with Crippen molar-refractivity contribution in [2.45, 2.75) is 84.5 Å². The number of hydrogen-bond acceptors (Lipinski definition) is 6. The highest BCUT2D eigenvalue weighted by Crippen LogP contribution is 2.26. The average molecular weight is 631 g/mol. The molecular weight excluding hydrogens is 584 g/mol. The number of hydrogen-bond donors (Lipinski definition) is 4. The largest absolute Gasteiger partial charge is 0.508 e. The summed E-state index contributed by atoms with van der Waals surface area (Å²) in [5.41, 5.74) is 3.32. The minimum atomic E-state index is -0.980. The molecule has 2 heterocycles. The number of nitrogens with zero attached hydrogens (tertiary/aromatic N) is 1. The summed E-state index contributed by atoms with van der Waals surface area (Å²) in [6.45, 7) is 9.29. The number of cyclic esters (lactones) is 1. The van der Waals surface area contributed by atoms with Gasteiger partial charge in [-0.25, -0.2) is 0 Å². The minimum Gasteiger partial charge on any atom is -0.508 e. The maximum Gasteiger partial charge on any atom is 0.308 e. The summed E-state index contributed by atoms with van der Waals surface area (Å²) < 4.78 is 5.94. The number of rotatable bonds is 4. The lowest BCUT2D eigenvalue weighted by Gasteiger charge is -2.32. The second-order valence-corrected chi connectivity index (χ2v) is 12.5. The van der Waals surface area contributed by atoms with Gasteiger partial charge in [-0.1, -0.05) is 62.8 Å². The summed E-state index contributed by atoms with van der Waals surface area (Å²) in [7, 11) is 1.55. The summed E-state index contributed by atoms with van der Waals surface area (Å²) in [6.07, 6.45) is 4.53. The Morgan fingerprint density at radius 2 is 1.63 bits per heavy atom. The number of aromatic amines is 1. The van der Waals surface area contributed by atoms with Gasteiger partial charge < -0.3 is 30.4 Å². The Hall–Kier alpha value is -4.60. The molecule has 46 heavy (non-hydrogen) atoms. The molecule has 1 aliphatic rings. The van der Waals surface area contributed by atoms with Crippen LogP contribution in [0.25, 0.3) is 10.9 Å². The summed E-state index contributed by atoms with van der Waals surface area (Å²) in [4.78, 5) is 59.1. The number of benzene rings is 2. The van der Waals surface area contributed by atoms with Crippen LogP contribution in [0.2, 0.25) is 0 Å². The third-order valence-electron chi connectivity index (χ3n) is 8.81. The number of phenolic OH excluding ortho intramolecular Hbond substituents is 1. The number of likely N-dealkylation sites (N-methyl/N-ethyl adjacent to an activating group) is 1. The maximum atomic E-state index is 14.2. The number of aromatic nitrogens is 1. The summed E-state index contributed by atoms with van der Waals surface area (Å²) in [5.74, 6) is -2.11. The smallest absolute Gasteiger partial charge is 0.308 e. The number of amides is 3. The second kappa shape index (κ2) is 15.1. The highest BCUT2D eigenvalue weighted by atomic mass is 16.5. The van der Waals surface area contributed by atoms with E-state index in [9.17, 15) is 24.3 Å². The van der Waals surface area contributed by atoms with E-state index in [-0.39, 0.29) is 30.4 Å². The first-order chi connectivity index (χ1) is 21.9. The molecule has 3 amide bonds. The average Bonchev–Trinajstić information content (AvgIpc) is 3.43. The van der Waals surface area contributed by atoms with Crippen molar-refractivity contribution in [3.8, 4) is 5.75 Å². The molecule has 0 radical (unpaired) electrons. The van der Waals surface area contributed by atoms with Crippen molar-refractivity contribution in [3.63, 3.8) is 0 Å². The molecule has 2 aromatic carbocycles. The van der Waals surface area contributed by atoms with Crippen LogP contribution < -0.4 is 10.6 Å². The van der Waals surface area contributed by atoms with Crippen LogP contribution in [0.3, 0.4) is 0 Å². The first kappa shape index (κ1) is 34.3. The van der Waals surface area contributed by atoms with Crippen molar-refractivity contribution in [3.05, 3.63) is 77.5 Å². The lowest BCUT2D eigenvalue weighted by atomic mass is 9.94. The SMILES string of the molecule is CCC1OC(=O)CC(c2ccc(O)cc2)NC(=O)C(Cc2c[nH]c3ccccc23)N(C)C(=O)C(C)NC(=O)C(C)CC(C)=CC1C. The van der Waals surface area contributed by atoms with E-state index in [1.807, 2.05) is 64.2 Å². The monoisotopic (exact) mass is 630 g/mol. The zero-order valence-corrected chi connectivity index (χ0v) is 27.5. The number of fused-ring (bicyclic) bond motifs is 1. The molecule has 4 rings (SSSR count). The fraction of sp³-hybridized carbons (Fsp3) is 0.444. The normalized spacial score (nSPS) is 26.0. The van der Waals surface area contributed by atoms with Crippen LogP contribution in [0.15, 0.2) is 66.4 Å². The van der Waals surface area contributed by atoms with Gasteiger partial charge in [0.1, 0.15) is 23.9 Å². The van der Waals surface area contributed by atoms with E-state index in [1.54, 1.807) is 26.1 Å². The number of nitrogens with one attached hydrogen (secondary N) is 3. The fourth-order valence-corrected chi connectivity index (χ4v) is 6.16. The number of allylic oxidation sites excluding steroid dienone is 1. The van der Waals surface area contributed by atoms with Crippen LogP contribution in [-0.2, 0) is 30.3 Å². The van der Waals surface area contributed by atoms with Gasteiger partial charge in [0, 0.05) is 42.4 Å². The molecule has 0 fully saturated rings. The molecular formula is C36H46N4O6. The molecule has 1 aromatic heterocycles. The Morgan fingerprint density at radius 1 is 0.935 bits per heavy atom. The van der Waals surface area contributed by atoms with Gasteiger partial charge in [0.05, 0.1) is 12.5 Å². The van der Waals surface area contributed by atoms with Gasteiger partial charge in [-0.2, -0.15) is 0 Å². The predicted octanol–water partition coefficient (Wildman–Crippen LogP) is 4.94. The third kappa shape index (κ3) is 8.35. The van der Waals surface area contributed by atoms with Crippen LogP contribution in [0, 0.1) is 11.8 Å². The van der Waals surface area contributed by atoms with E-state index >= 15 is 0 Å². The highest BCUT2D eigenvalue weighted by Gasteiger charge is 2.34. The lowest BCUT2D eigenvalue weighted by Crippen LogP contribution is -2.55. The Bertz CT molecular complexity index is 1580. The van der Waals surface area contributed by atoms with Crippen LogP contribution in [-0.4, -0.2) is 63.9 Å². The number of carbonyl (C=O) groups excluding carboxylic acids is 4. The summed E-state index contributed by atoms with van der Waals surface area (Å²) in [6, 6.07) is 11.3. The first-order valence-corrected chi connectivity index (χ1v) is 16.0. The van der Waals surface area contributed by atoms with E-state index in [0.717, 1.165) is 22.0 Å². The van der Waals surface area contributed by atoms with Crippen molar-refractivity contribution in [2.75, 3.05) is 7.05 Å². The molecule has 0 spiro atoms. The van der Waals surface area contributed by atoms with Gasteiger partial charge in [0.25, 0.3) is 0 Å². The quantitative estimate of drug-likeness (QED) is 0.238. The van der Waals surface area contributed by atoms with Gasteiger partial charge in [-0.3, -0.25) is 19.2 Å². The van der Waals surface area contributed by atoms with Crippen molar-refractivity contribution >= 4 is 34.6 Å². The van der Waals surface area contributed by atoms with E-state index < -0.39 is 47.9 Å². The summed E-state index contributed by atoms with van der Waals surface area (Å²) >= 11 is 0. The Balaban J connectivity index is 1.74. The van der Waals surface area contributed by atoms with Crippen LogP contribution >= 0.6 is 0 Å². The van der Waals surface area contributed by atoms with E-state index in [1.165, 1.54) is 17.0 Å². The van der Waals surface area contributed by atoms with Gasteiger partial charge in [0.2, 0.25) is 17.7 Å². The van der Waals surface area contributed by atoms with Gasteiger partial charge in [0.15, 0.2) is 0 Å². The zero-order valence-electron chi connectivity index (χ0n) is 27.5. The van der Waals surface area contributed by atoms with Gasteiger partial charge in [-0.15, -0.1) is 0 Å². The van der Waals surface area contributed by atoms with Gasteiger partial charge in [-0.05, 0) is 56.0 Å². The number of ether oxygens (including phenoxy) is 1. The van der Waals surface area contributed by atoms with Gasteiger partial charge >= 0.3 is 5.97 Å². The number of para-hydroxylation sites is 1. The Labute approximate surface area is 270 Å². The molecule has 4 N–H and O–H groups in total.